The molecule has 0 aromatic heterocycles. The van der Waals surface area contributed by atoms with E-state index in [-0.39, 0.29) is 0 Å². The molecule has 84 valence electrons. The van der Waals surface area contributed by atoms with Crippen LogP contribution in [0.2, 0.25) is 0 Å². The summed E-state index contributed by atoms with van der Waals surface area (Å²) >= 11 is 0. The molecule has 14 heavy (non-hydrogen) atoms. The fourth-order valence-corrected chi connectivity index (χ4v) is 2.56. The van der Waals surface area contributed by atoms with Gasteiger partial charge >= 0.3 is 0 Å². The number of piperidine rings is 1. The molecule has 0 aromatic rings. The third kappa shape index (κ3) is 3.25. The Hall–Kier alpha value is -0.0800. The normalized spacial score (nSPS) is 26.4. The molecule has 0 radical (unpaired) electrons. The van der Waals surface area contributed by atoms with Crippen molar-refractivity contribution in [3.63, 3.8) is 0 Å². The van der Waals surface area contributed by atoms with Crippen molar-refractivity contribution in [2.75, 3.05) is 6.54 Å². The Morgan fingerprint density at radius 1 is 1.36 bits per heavy atom. The molecule has 2 unspecified atom stereocenters. The molecular formula is C12H25NO. The van der Waals surface area contributed by atoms with Crippen LogP contribution in [0.3, 0.4) is 0 Å². The number of hydrogen-bond acceptors (Lipinski definition) is 2. The predicted octanol–water partition coefficient (Wildman–Crippen LogP) is 3.45. The first-order valence-corrected chi connectivity index (χ1v) is 6.25. The zero-order valence-corrected chi connectivity index (χ0v) is 9.71. The van der Waals surface area contributed by atoms with Crippen LogP contribution in [0.5, 0.6) is 0 Å². The lowest BCUT2D eigenvalue weighted by Crippen LogP contribution is -2.41. The highest BCUT2D eigenvalue weighted by atomic mass is 16.5. The molecule has 0 spiro atoms. The van der Waals surface area contributed by atoms with Crippen molar-refractivity contribution in [1.29, 1.82) is 0 Å². The van der Waals surface area contributed by atoms with Crippen LogP contribution in [-0.4, -0.2) is 22.9 Å². The maximum absolute atomic E-state index is 9.80. The monoisotopic (exact) mass is 199 g/mol. The van der Waals surface area contributed by atoms with E-state index < -0.39 is 0 Å². The van der Waals surface area contributed by atoms with Crippen molar-refractivity contribution >= 4 is 0 Å². The van der Waals surface area contributed by atoms with Crippen molar-refractivity contribution in [2.24, 2.45) is 5.92 Å². The summed E-state index contributed by atoms with van der Waals surface area (Å²) in [6.07, 6.45) is 8.73. The predicted molar refractivity (Wildman–Crippen MR) is 59.4 cm³/mol. The second kappa shape index (κ2) is 6.41. The van der Waals surface area contributed by atoms with Gasteiger partial charge < -0.3 is 5.21 Å². The zero-order chi connectivity index (χ0) is 10.4. The van der Waals surface area contributed by atoms with E-state index in [1.54, 1.807) is 5.06 Å². The Kier molecular flexibility index (Phi) is 5.49. The van der Waals surface area contributed by atoms with Gasteiger partial charge in [0.25, 0.3) is 0 Å². The van der Waals surface area contributed by atoms with Crippen molar-refractivity contribution in [3.05, 3.63) is 0 Å². The van der Waals surface area contributed by atoms with E-state index in [0.717, 1.165) is 13.0 Å². The third-order valence-corrected chi connectivity index (χ3v) is 3.52. The summed E-state index contributed by atoms with van der Waals surface area (Å²) in [5, 5.41) is 11.4. The molecule has 1 fully saturated rings. The van der Waals surface area contributed by atoms with Crippen LogP contribution in [0, 0.1) is 5.92 Å². The van der Waals surface area contributed by atoms with E-state index in [1.807, 2.05) is 0 Å². The van der Waals surface area contributed by atoms with Crippen LogP contribution in [0.4, 0.5) is 0 Å². The lowest BCUT2D eigenvalue weighted by Gasteiger charge is -2.36. The smallest absolute Gasteiger partial charge is 0.0378 e. The van der Waals surface area contributed by atoms with Crippen molar-refractivity contribution in [1.82, 2.24) is 5.06 Å². The second-order valence-corrected chi connectivity index (χ2v) is 4.54. The second-order valence-electron chi connectivity index (χ2n) is 4.54. The number of hydrogen-bond donors (Lipinski definition) is 1. The van der Waals surface area contributed by atoms with Crippen LogP contribution < -0.4 is 0 Å². The van der Waals surface area contributed by atoms with Crippen molar-refractivity contribution in [3.8, 4) is 0 Å². The van der Waals surface area contributed by atoms with Gasteiger partial charge in [-0.3, -0.25) is 0 Å². The number of hydroxylamine groups is 2. The molecule has 1 saturated heterocycles. The summed E-state index contributed by atoms with van der Waals surface area (Å²) in [4.78, 5) is 0. The molecule has 0 aromatic carbocycles. The van der Waals surface area contributed by atoms with Gasteiger partial charge in [-0.25, -0.2) is 0 Å². The highest BCUT2D eigenvalue weighted by Gasteiger charge is 2.27. The quantitative estimate of drug-likeness (QED) is 0.733. The summed E-state index contributed by atoms with van der Waals surface area (Å²) in [5.41, 5.74) is 0. The summed E-state index contributed by atoms with van der Waals surface area (Å²) in [6, 6.07) is 0.445. The first-order valence-electron chi connectivity index (χ1n) is 6.25. The Morgan fingerprint density at radius 3 is 2.71 bits per heavy atom. The highest BCUT2D eigenvalue weighted by Crippen LogP contribution is 2.27. The SMILES string of the molecule is CCCCC(CC)C1CCCCN1O. The minimum atomic E-state index is 0.445. The van der Waals surface area contributed by atoms with Crippen LogP contribution in [0.1, 0.15) is 58.8 Å². The molecule has 2 heteroatoms. The van der Waals surface area contributed by atoms with Gasteiger partial charge in [0.1, 0.15) is 0 Å². The van der Waals surface area contributed by atoms with Gasteiger partial charge in [0.2, 0.25) is 0 Å². The third-order valence-electron chi connectivity index (χ3n) is 3.52. The number of rotatable bonds is 5. The average molecular weight is 199 g/mol. The van der Waals surface area contributed by atoms with E-state index in [9.17, 15) is 5.21 Å². The van der Waals surface area contributed by atoms with E-state index in [1.165, 1.54) is 38.5 Å². The molecule has 0 aliphatic carbocycles. The lowest BCUT2D eigenvalue weighted by atomic mass is 9.86. The molecule has 1 aliphatic rings. The fraction of sp³-hybridized carbons (Fsp3) is 1.00. The minimum absolute atomic E-state index is 0.445. The molecule has 0 saturated carbocycles. The van der Waals surface area contributed by atoms with Gasteiger partial charge in [-0.2, -0.15) is 5.06 Å². The van der Waals surface area contributed by atoms with Crippen LogP contribution in [-0.2, 0) is 0 Å². The van der Waals surface area contributed by atoms with Crippen molar-refractivity contribution in [2.45, 2.75) is 64.8 Å². The van der Waals surface area contributed by atoms with Crippen LogP contribution >= 0.6 is 0 Å². The van der Waals surface area contributed by atoms with Gasteiger partial charge in [0.05, 0.1) is 0 Å². The average Bonchev–Trinajstić information content (AvgIpc) is 2.21. The lowest BCUT2D eigenvalue weighted by molar-refractivity contribution is -0.158. The van der Waals surface area contributed by atoms with E-state index in [0.29, 0.717) is 12.0 Å². The highest BCUT2D eigenvalue weighted by molar-refractivity contribution is 4.78. The molecule has 1 heterocycles. The molecular weight excluding hydrogens is 174 g/mol. The van der Waals surface area contributed by atoms with E-state index >= 15 is 0 Å². The Balaban J connectivity index is 2.40. The summed E-state index contributed by atoms with van der Waals surface area (Å²) in [7, 11) is 0. The Bertz CT molecular complexity index is 149. The first-order chi connectivity index (χ1) is 6.79. The van der Waals surface area contributed by atoms with Gasteiger partial charge in [0, 0.05) is 12.6 Å². The van der Waals surface area contributed by atoms with Gasteiger partial charge in [-0.1, -0.05) is 39.5 Å². The molecule has 0 amide bonds. The maximum atomic E-state index is 9.80. The van der Waals surface area contributed by atoms with Crippen molar-refractivity contribution < 1.29 is 5.21 Å². The molecule has 1 rings (SSSR count). The number of nitrogens with zero attached hydrogens (tertiary/aromatic N) is 1. The van der Waals surface area contributed by atoms with E-state index in [2.05, 4.69) is 13.8 Å². The summed E-state index contributed by atoms with van der Waals surface area (Å²) < 4.78 is 0. The Morgan fingerprint density at radius 2 is 2.14 bits per heavy atom. The van der Waals surface area contributed by atoms with Gasteiger partial charge in [-0.15, -0.1) is 0 Å². The summed E-state index contributed by atoms with van der Waals surface area (Å²) in [5.74, 6) is 0.709. The molecule has 1 N–H and O–H groups in total. The summed E-state index contributed by atoms with van der Waals surface area (Å²) in [6.45, 7) is 5.38. The molecule has 1 aliphatic heterocycles. The van der Waals surface area contributed by atoms with Crippen LogP contribution in [0.25, 0.3) is 0 Å². The minimum Gasteiger partial charge on any atom is -0.314 e. The number of unbranched alkanes of at least 4 members (excludes halogenated alkanes) is 1. The molecule has 0 bridgehead atoms. The topological polar surface area (TPSA) is 23.5 Å². The Labute approximate surface area is 88.3 Å². The fourth-order valence-electron chi connectivity index (χ4n) is 2.56. The zero-order valence-electron chi connectivity index (χ0n) is 9.71. The standard InChI is InChI=1S/C12H25NO/c1-3-5-8-11(4-2)12-9-6-7-10-13(12)14/h11-12,14H,3-10H2,1-2H3. The molecule has 2 nitrogen and oxygen atoms in total. The first kappa shape index (κ1) is 12.0. The largest absolute Gasteiger partial charge is 0.314 e. The van der Waals surface area contributed by atoms with E-state index in [4.69, 9.17) is 0 Å². The molecule has 2 atom stereocenters. The van der Waals surface area contributed by atoms with Gasteiger partial charge in [-0.05, 0) is 25.2 Å². The van der Waals surface area contributed by atoms with Gasteiger partial charge in [0.15, 0.2) is 0 Å². The maximum Gasteiger partial charge on any atom is 0.0378 e. The van der Waals surface area contributed by atoms with Crippen LogP contribution in [0.15, 0.2) is 0 Å².